The molecule has 0 spiro atoms. The van der Waals surface area contributed by atoms with Crippen LogP contribution in [0.5, 0.6) is 11.5 Å². The normalized spacial score (nSPS) is 22.4. The van der Waals surface area contributed by atoms with E-state index in [-0.39, 0.29) is 18.1 Å². The van der Waals surface area contributed by atoms with Crippen LogP contribution >= 0.6 is 0 Å². The standard InChI is InChI=1S/C29H26N2O7S/c32-29(30-21-11-13-23(14-12-21)37-22-8-2-1-3-9-22)38-26-18-36-27-25(17-35-28(26)27)31-39(33,34)24-15-10-19-6-4-5-7-20(19)16-24/h1-16,25-28,31H,17-18H2,(H,30,32)/t25-,26+,27+,28+/m0/s1. The van der Waals surface area contributed by atoms with Gasteiger partial charge in [0.2, 0.25) is 10.0 Å². The van der Waals surface area contributed by atoms with Crippen molar-refractivity contribution < 1.29 is 32.2 Å². The minimum atomic E-state index is -3.82. The molecule has 9 nitrogen and oxygen atoms in total. The first-order valence-electron chi connectivity index (χ1n) is 12.5. The summed E-state index contributed by atoms with van der Waals surface area (Å²) in [5, 5.41) is 4.47. The average Bonchev–Trinajstić information content (AvgIpc) is 3.53. The third-order valence-corrected chi connectivity index (χ3v) is 8.17. The third-order valence-electron chi connectivity index (χ3n) is 6.68. The molecule has 39 heavy (non-hydrogen) atoms. The molecule has 4 aromatic rings. The van der Waals surface area contributed by atoms with E-state index in [9.17, 15) is 13.2 Å². The third kappa shape index (κ3) is 5.59. The Kier molecular flexibility index (Phi) is 6.92. The molecule has 6 rings (SSSR count). The summed E-state index contributed by atoms with van der Waals surface area (Å²) in [7, 11) is -3.82. The lowest BCUT2D eigenvalue weighted by molar-refractivity contribution is 0.00883. The number of sulfonamides is 1. The van der Waals surface area contributed by atoms with E-state index < -0.39 is 40.5 Å². The fourth-order valence-corrected chi connectivity index (χ4v) is 6.05. The Labute approximate surface area is 225 Å². The number of carbonyl (C=O) groups excluding carboxylic acids is 1. The lowest BCUT2D eigenvalue weighted by Crippen LogP contribution is -2.44. The molecule has 0 aliphatic carbocycles. The van der Waals surface area contributed by atoms with Crippen LogP contribution in [-0.2, 0) is 24.2 Å². The summed E-state index contributed by atoms with van der Waals surface area (Å²) in [5.41, 5.74) is 0.532. The molecular formula is C29H26N2O7S. The molecular weight excluding hydrogens is 520 g/mol. The molecule has 2 N–H and O–H groups in total. The number of rotatable bonds is 7. The van der Waals surface area contributed by atoms with Gasteiger partial charge in [-0.25, -0.2) is 17.9 Å². The maximum absolute atomic E-state index is 13.1. The number of hydrogen-bond donors (Lipinski definition) is 2. The lowest BCUT2D eigenvalue weighted by atomic mass is 10.1. The van der Waals surface area contributed by atoms with E-state index in [4.69, 9.17) is 18.9 Å². The highest BCUT2D eigenvalue weighted by atomic mass is 32.2. The molecule has 1 amide bonds. The van der Waals surface area contributed by atoms with Gasteiger partial charge in [-0.2, -0.15) is 0 Å². The van der Waals surface area contributed by atoms with Gasteiger partial charge in [-0.15, -0.1) is 0 Å². The Morgan fingerprint density at radius 1 is 0.769 bits per heavy atom. The molecule has 0 radical (unpaired) electrons. The van der Waals surface area contributed by atoms with Gasteiger partial charge in [-0.3, -0.25) is 5.32 Å². The van der Waals surface area contributed by atoms with E-state index in [0.717, 1.165) is 10.8 Å². The fourth-order valence-electron chi connectivity index (χ4n) is 4.78. The van der Waals surface area contributed by atoms with Crippen molar-refractivity contribution >= 4 is 32.6 Å². The number of anilines is 1. The highest BCUT2D eigenvalue weighted by Crippen LogP contribution is 2.31. The molecule has 0 aromatic heterocycles. The van der Waals surface area contributed by atoms with E-state index in [1.807, 2.05) is 54.6 Å². The zero-order valence-corrected chi connectivity index (χ0v) is 21.5. The number of amides is 1. The van der Waals surface area contributed by atoms with Crippen LogP contribution < -0.4 is 14.8 Å². The topological polar surface area (TPSA) is 112 Å². The van der Waals surface area contributed by atoms with Crippen LogP contribution in [0.2, 0.25) is 0 Å². The van der Waals surface area contributed by atoms with Gasteiger partial charge in [0.15, 0.2) is 6.10 Å². The predicted octanol–water partition coefficient (Wildman–Crippen LogP) is 4.69. The number of fused-ring (bicyclic) bond motifs is 2. The van der Waals surface area contributed by atoms with Gasteiger partial charge in [0.05, 0.1) is 24.2 Å². The number of carbonyl (C=O) groups is 1. The molecule has 2 aliphatic heterocycles. The molecule has 2 saturated heterocycles. The summed E-state index contributed by atoms with van der Waals surface area (Å²) < 4.78 is 51.8. The van der Waals surface area contributed by atoms with E-state index in [1.54, 1.807) is 42.5 Å². The van der Waals surface area contributed by atoms with Gasteiger partial charge < -0.3 is 18.9 Å². The van der Waals surface area contributed by atoms with Crippen LogP contribution in [0.25, 0.3) is 10.8 Å². The minimum Gasteiger partial charge on any atom is -0.457 e. The lowest BCUT2D eigenvalue weighted by Gasteiger charge is -2.18. The Morgan fingerprint density at radius 3 is 2.26 bits per heavy atom. The van der Waals surface area contributed by atoms with Crippen molar-refractivity contribution in [2.45, 2.75) is 29.2 Å². The minimum absolute atomic E-state index is 0.0980. The second-order valence-electron chi connectivity index (χ2n) is 9.34. The maximum Gasteiger partial charge on any atom is 0.412 e. The van der Waals surface area contributed by atoms with Crippen LogP contribution in [-0.4, -0.2) is 52.1 Å². The Bertz CT molecular complexity index is 1580. The first-order chi connectivity index (χ1) is 18.9. The molecule has 10 heteroatoms. The summed E-state index contributed by atoms with van der Waals surface area (Å²) >= 11 is 0. The van der Waals surface area contributed by atoms with E-state index >= 15 is 0 Å². The van der Waals surface area contributed by atoms with Gasteiger partial charge in [-0.05, 0) is 59.3 Å². The number of ether oxygens (including phenoxy) is 4. The number of hydrogen-bond acceptors (Lipinski definition) is 7. The largest absolute Gasteiger partial charge is 0.457 e. The highest BCUT2D eigenvalue weighted by molar-refractivity contribution is 7.89. The zero-order chi connectivity index (χ0) is 26.8. The molecule has 2 fully saturated rings. The molecule has 2 heterocycles. The fraction of sp³-hybridized carbons (Fsp3) is 0.207. The smallest absolute Gasteiger partial charge is 0.412 e. The van der Waals surface area contributed by atoms with Gasteiger partial charge in [0.25, 0.3) is 0 Å². The maximum atomic E-state index is 13.1. The summed E-state index contributed by atoms with van der Waals surface area (Å²) in [6.45, 7) is 0.202. The first-order valence-corrected chi connectivity index (χ1v) is 14.0. The SMILES string of the molecule is O=C(Nc1ccc(Oc2ccccc2)cc1)O[C@@H]1CO[C@H]2[C@@H]1OC[C@@H]2NS(=O)(=O)c1ccc2ccccc2c1. The molecule has 4 atom stereocenters. The molecule has 4 aromatic carbocycles. The van der Waals surface area contributed by atoms with Crippen molar-refractivity contribution in [2.75, 3.05) is 18.5 Å². The molecule has 2 aliphatic rings. The van der Waals surface area contributed by atoms with Gasteiger partial charge in [0.1, 0.15) is 23.7 Å². The van der Waals surface area contributed by atoms with Crippen LogP contribution in [0, 0.1) is 0 Å². The average molecular weight is 547 g/mol. The van der Waals surface area contributed by atoms with Crippen molar-refractivity contribution in [3.8, 4) is 11.5 Å². The highest BCUT2D eigenvalue weighted by Gasteiger charge is 2.50. The summed E-state index contributed by atoms with van der Waals surface area (Å²) in [4.78, 5) is 12.7. The number of benzene rings is 4. The number of nitrogens with one attached hydrogen (secondary N) is 2. The van der Waals surface area contributed by atoms with Gasteiger partial charge >= 0.3 is 6.09 Å². The van der Waals surface area contributed by atoms with Crippen LogP contribution in [0.4, 0.5) is 10.5 Å². The Morgan fingerprint density at radius 2 is 1.46 bits per heavy atom. The van der Waals surface area contributed by atoms with E-state index in [2.05, 4.69) is 10.0 Å². The van der Waals surface area contributed by atoms with Gasteiger partial charge in [-0.1, -0.05) is 48.5 Å². The van der Waals surface area contributed by atoms with E-state index in [1.165, 1.54) is 0 Å². The quantitative estimate of drug-likeness (QED) is 0.346. The van der Waals surface area contributed by atoms with Crippen LogP contribution in [0.15, 0.2) is 102 Å². The second-order valence-corrected chi connectivity index (χ2v) is 11.1. The predicted molar refractivity (Wildman–Crippen MR) is 144 cm³/mol. The van der Waals surface area contributed by atoms with Crippen molar-refractivity contribution in [3.63, 3.8) is 0 Å². The summed E-state index contributed by atoms with van der Waals surface area (Å²) in [6.07, 6.45) is -2.50. The molecule has 0 bridgehead atoms. The zero-order valence-electron chi connectivity index (χ0n) is 20.7. The van der Waals surface area contributed by atoms with Crippen molar-refractivity contribution in [1.82, 2.24) is 4.72 Å². The summed E-state index contributed by atoms with van der Waals surface area (Å²) in [5.74, 6) is 1.34. The molecule has 0 saturated carbocycles. The Balaban J connectivity index is 1.04. The van der Waals surface area contributed by atoms with Crippen LogP contribution in [0.3, 0.4) is 0 Å². The number of para-hydroxylation sites is 1. The molecule has 200 valence electrons. The van der Waals surface area contributed by atoms with Crippen molar-refractivity contribution in [1.29, 1.82) is 0 Å². The first kappa shape index (κ1) is 25.3. The molecule has 0 unspecified atom stereocenters. The van der Waals surface area contributed by atoms with Crippen LogP contribution in [0.1, 0.15) is 0 Å². The van der Waals surface area contributed by atoms with Crippen molar-refractivity contribution in [2.24, 2.45) is 0 Å². The van der Waals surface area contributed by atoms with Gasteiger partial charge in [0, 0.05) is 5.69 Å². The monoisotopic (exact) mass is 546 g/mol. The summed E-state index contributed by atoms with van der Waals surface area (Å²) in [6, 6.07) is 28.2. The second kappa shape index (κ2) is 10.7. The van der Waals surface area contributed by atoms with Crippen molar-refractivity contribution in [3.05, 3.63) is 97.1 Å². The van der Waals surface area contributed by atoms with E-state index in [0.29, 0.717) is 17.2 Å². The Hall–Kier alpha value is -3.96.